The van der Waals surface area contributed by atoms with Crippen LogP contribution in [0, 0.1) is 0 Å². The molecule has 3 aromatic rings. The molecule has 1 aromatic carbocycles. The van der Waals surface area contributed by atoms with E-state index >= 15 is 0 Å². The summed E-state index contributed by atoms with van der Waals surface area (Å²) in [5.74, 6) is 0.276. The van der Waals surface area contributed by atoms with Crippen molar-refractivity contribution in [1.29, 1.82) is 0 Å². The van der Waals surface area contributed by atoms with E-state index in [1.807, 2.05) is 30.3 Å². The van der Waals surface area contributed by atoms with Crippen LogP contribution in [0.2, 0.25) is 0 Å². The van der Waals surface area contributed by atoms with Crippen LogP contribution in [0.5, 0.6) is 0 Å². The van der Waals surface area contributed by atoms with Crippen LogP contribution >= 0.6 is 11.3 Å². The van der Waals surface area contributed by atoms with Gasteiger partial charge in [-0.05, 0) is 37.1 Å². The van der Waals surface area contributed by atoms with Crippen LogP contribution in [0.4, 0.5) is 16.6 Å². The lowest BCUT2D eigenvalue weighted by Gasteiger charge is -2.32. The molecule has 9 heteroatoms. The number of nitrogens with one attached hydrogen (secondary N) is 2. The molecule has 1 aliphatic rings. The minimum absolute atomic E-state index is 0.0253. The van der Waals surface area contributed by atoms with Crippen molar-refractivity contribution in [3.05, 3.63) is 59.7 Å². The van der Waals surface area contributed by atoms with Gasteiger partial charge < -0.3 is 10.2 Å². The highest BCUT2D eigenvalue weighted by atomic mass is 32.1. The lowest BCUT2D eigenvalue weighted by molar-refractivity contribution is -0.120. The molecule has 1 aliphatic heterocycles. The maximum atomic E-state index is 12.8. The Balaban J connectivity index is 1.41. The molecule has 1 atom stereocenters. The summed E-state index contributed by atoms with van der Waals surface area (Å²) in [7, 11) is 0. The number of benzene rings is 1. The number of rotatable bonds is 5. The van der Waals surface area contributed by atoms with Crippen molar-refractivity contribution >= 4 is 39.8 Å². The van der Waals surface area contributed by atoms with E-state index < -0.39 is 0 Å². The SMILES string of the molecule is O=C(Nc1nncs1)c1ccc(NC2CCCN(c3ccccc3)C2=O)nc1. The quantitative estimate of drug-likeness (QED) is 0.690. The molecule has 8 nitrogen and oxygen atoms in total. The molecule has 0 saturated carbocycles. The van der Waals surface area contributed by atoms with Crippen molar-refractivity contribution in [2.75, 3.05) is 22.1 Å². The van der Waals surface area contributed by atoms with Gasteiger partial charge in [0.1, 0.15) is 17.4 Å². The molecule has 4 rings (SSSR count). The van der Waals surface area contributed by atoms with Crippen LogP contribution in [0.3, 0.4) is 0 Å². The summed E-state index contributed by atoms with van der Waals surface area (Å²) in [6.07, 6.45) is 3.12. The minimum atomic E-state index is -0.345. The monoisotopic (exact) mass is 394 g/mol. The first kappa shape index (κ1) is 18.1. The van der Waals surface area contributed by atoms with Crippen molar-refractivity contribution in [2.24, 2.45) is 0 Å². The number of aromatic nitrogens is 3. The van der Waals surface area contributed by atoms with Crippen molar-refractivity contribution in [3.8, 4) is 0 Å². The molecule has 1 unspecified atom stereocenters. The maximum Gasteiger partial charge on any atom is 0.259 e. The lowest BCUT2D eigenvalue weighted by Crippen LogP contribution is -2.47. The van der Waals surface area contributed by atoms with Crippen molar-refractivity contribution in [1.82, 2.24) is 15.2 Å². The Morgan fingerprint density at radius 2 is 2.04 bits per heavy atom. The second-order valence-corrected chi connectivity index (χ2v) is 7.13. The van der Waals surface area contributed by atoms with Crippen molar-refractivity contribution in [3.63, 3.8) is 0 Å². The van der Waals surface area contributed by atoms with Crippen LogP contribution in [-0.2, 0) is 4.79 Å². The van der Waals surface area contributed by atoms with E-state index in [9.17, 15) is 9.59 Å². The average molecular weight is 394 g/mol. The summed E-state index contributed by atoms with van der Waals surface area (Å²) in [6, 6.07) is 12.7. The average Bonchev–Trinajstić information content (AvgIpc) is 3.24. The topological polar surface area (TPSA) is 100 Å². The molecule has 0 bridgehead atoms. The van der Waals surface area contributed by atoms with Gasteiger partial charge in [-0.3, -0.25) is 14.9 Å². The van der Waals surface area contributed by atoms with Gasteiger partial charge in [0.25, 0.3) is 5.91 Å². The zero-order valence-corrected chi connectivity index (χ0v) is 15.7. The Labute approximate surface area is 165 Å². The number of amides is 2. The van der Waals surface area contributed by atoms with Gasteiger partial charge in [0.05, 0.1) is 5.56 Å². The summed E-state index contributed by atoms with van der Waals surface area (Å²) < 4.78 is 0. The maximum absolute atomic E-state index is 12.8. The highest BCUT2D eigenvalue weighted by Crippen LogP contribution is 2.22. The van der Waals surface area contributed by atoms with E-state index in [1.165, 1.54) is 17.5 Å². The molecule has 1 fully saturated rings. The molecule has 142 valence electrons. The number of carbonyl (C=O) groups is 2. The number of nitrogens with zero attached hydrogens (tertiary/aromatic N) is 4. The van der Waals surface area contributed by atoms with Crippen molar-refractivity contribution < 1.29 is 9.59 Å². The summed E-state index contributed by atoms with van der Waals surface area (Å²) >= 11 is 1.24. The Kier molecular flexibility index (Phi) is 5.24. The van der Waals surface area contributed by atoms with E-state index in [4.69, 9.17) is 0 Å². The van der Waals surface area contributed by atoms with Gasteiger partial charge in [-0.2, -0.15) is 0 Å². The summed E-state index contributed by atoms with van der Waals surface area (Å²) in [5, 5.41) is 13.7. The Morgan fingerprint density at radius 1 is 1.18 bits per heavy atom. The molecular weight excluding hydrogens is 376 g/mol. The van der Waals surface area contributed by atoms with Gasteiger partial charge in [0.2, 0.25) is 11.0 Å². The van der Waals surface area contributed by atoms with E-state index in [0.717, 1.165) is 18.5 Å². The first-order valence-corrected chi connectivity index (χ1v) is 9.75. The fourth-order valence-corrected chi connectivity index (χ4v) is 3.50. The van der Waals surface area contributed by atoms with Gasteiger partial charge in [0, 0.05) is 18.4 Å². The highest BCUT2D eigenvalue weighted by molar-refractivity contribution is 7.13. The predicted molar refractivity (Wildman–Crippen MR) is 108 cm³/mol. The van der Waals surface area contributed by atoms with E-state index in [2.05, 4.69) is 25.8 Å². The van der Waals surface area contributed by atoms with Gasteiger partial charge in [-0.15, -0.1) is 10.2 Å². The fourth-order valence-electron chi connectivity index (χ4n) is 3.06. The third kappa shape index (κ3) is 3.99. The number of piperidine rings is 1. The van der Waals surface area contributed by atoms with Crippen LogP contribution < -0.4 is 15.5 Å². The molecule has 28 heavy (non-hydrogen) atoms. The fraction of sp³-hybridized carbons (Fsp3) is 0.211. The second-order valence-electron chi connectivity index (χ2n) is 6.29. The first-order valence-electron chi connectivity index (χ1n) is 8.87. The lowest BCUT2D eigenvalue weighted by atomic mass is 10.0. The molecule has 1 saturated heterocycles. The van der Waals surface area contributed by atoms with Crippen LogP contribution in [0.15, 0.2) is 54.2 Å². The largest absolute Gasteiger partial charge is 0.358 e. The Hall–Kier alpha value is -3.33. The van der Waals surface area contributed by atoms with E-state index in [0.29, 0.717) is 23.1 Å². The van der Waals surface area contributed by atoms with Crippen LogP contribution in [0.1, 0.15) is 23.2 Å². The molecule has 0 radical (unpaired) electrons. The molecule has 2 amide bonds. The summed E-state index contributed by atoms with van der Waals surface area (Å²) in [4.78, 5) is 31.1. The van der Waals surface area contributed by atoms with Gasteiger partial charge in [0.15, 0.2) is 0 Å². The molecule has 2 aromatic heterocycles. The standard InChI is InChI=1S/C19H18N6O2S/c26-17(23-19-24-21-12-28-19)13-8-9-16(20-11-13)22-15-7-4-10-25(18(15)27)14-5-2-1-3-6-14/h1-3,5-6,8-9,11-12,15H,4,7,10H2,(H,20,22)(H,23,24,26). The predicted octanol–water partition coefficient (Wildman–Crippen LogP) is 2.79. The molecule has 0 aliphatic carbocycles. The van der Waals surface area contributed by atoms with Gasteiger partial charge >= 0.3 is 0 Å². The van der Waals surface area contributed by atoms with E-state index in [1.54, 1.807) is 22.5 Å². The number of para-hydroxylation sites is 1. The third-order valence-electron chi connectivity index (χ3n) is 4.43. The van der Waals surface area contributed by atoms with Gasteiger partial charge in [-0.25, -0.2) is 4.98 Å². The van der Waals surface area contributed by atoms with Crippen LogP contribution in [-0.4, -0.2) is 39.6 Å². The van der Waals surface area contributed by atoms with Crippen LogP contribution in [0.25, 0.3) is 0 Å². The summed E-state index contributed by atoms with van der Waals surface area (Å²) in [5.41, 5.74) is 2.85. The summed E-state index contributed by atoms with van der Waals surface area (Å²) in [6.45, 7) is 0.708. The van der Waals surface area contributed by atoms with E-state index in [-0.39, 0.29) is 17.9 Å². The molecule has 0 spiro atoms. The first-order chi connectivity index (χ1) is 13.7. The molecular formula is C19H18N6O2S. The smallest absolute Gasteiger partial charge is 0.259 e. The third-order valence-corrected chi connectivity index (χ3v) is 5.04. The zero-order chi connectivity index (χ0) is 19.3. The molecule has 3 heterocycles. The normalized spacial score (nSPS) is 16.6. The minimum Gasteiger partial charge on any atom is -0.358 e. The number of hydrogen-bond acceptors (Lipinski definition) is 7. The number of pyridine rings is 1. The Morgan fingerprint density at radius 3 is 2.75 bits per heavy atom. The number of anilines is 3. The molecule has 2 N–H and O–H groups in total. The number of carbonyl (C=O) groups excluding carboxylic acids is 2. The number of hydrogen-bond donors (Lipinski definition) is 2. The second kappa shape index (κ2) is 8.13. The van der Waals surface area contributed by atoms with Gasteiger partial charge in [-0.1, -0.05) is 29.5 Å². The Bertz CT molecular complexity index is 946. The van der Waals surface area contributed by atoms with Crippen molar-refractivity contribution in [2.45, 2.75) is 18.9 Å². The highest BCUT2D eigenvalue weighted by Gasteiger charge is 2.29. The zero-order valence-electron chi connectivity index (χ0n) is 14.9.